The van der Waals surface area contributed by atoms with Crippen molar-refractivity contribution in [3.63, 3.8) is 0 Å². The molecule has 1 aromatic heterocycles. The minimum atomic E-state index is -0.526. The van der Waals surface area contributed by atoms with E-state index in [9.17, 15) is 9.59 Å². The zero-order valence-corrected chi connectivity index (χ0v) is 24.4. The molecule has 8 nitrogen and oxygen atoms in total. The number of carbonyl (C=O) groups is 2. The van der Waals surface area contributed by atoms with Crippen LogP contribution in [0.1, 0.15) is 66.7 Å². The Balaban J connectivity index is 1.34. The van der Waals surface area contributed by atoms with Gasteiger partial charge in [0.05, 0.1) is 23.1 Å². The summed E-state index contributed by atoms with van der Waals surface area (Å²) in [6.45, 7) is 14.0. The Bertz CT molecular complexity index is 1340. The van der Waals surface area contributed by atoms with E-state index in [1.165, 1.54) is 16.8 Å². The van der Waals surface area contributed by atoms with Crippen LogP contribution in [-0.2, 0) is 4.74 Å². The molecule has 0 N–H and O–H groups in total. The topological polar surface area (TPSA) is 70.9 Å². The number of para-hydroxylation sites is 1. The number of anilines is 1. The first kappa shape index (κ1) is 27.7. The van der Waals surface area contributed by atoms with Crippen molar-refractivity contribution in [2.24, 2.45) is 0 Å². The number of nitrogens with zero attached hydrogens (tertiary/aromatic N) is 5. The molecule has 0 unspecified atom stereocenters. The summed E-state index contributed by atoms with van der Waals surface area (Å²) in [6.07, 6.45) is 2.96. The quantitative estimate of drug-likeness (QED) is 0.431. The maximum Gasteiger partial charge on any atom is 0.410 e. The fraction of sp³-hybridized carbons (Fsp3) is 0.469. The molecule has 2 amide bonds. The molecule has 2 fully saturated rings. The molecule has 0 aliphatic carbocycles. The maximum absolute atomic E-state index is 14.0. The third kappa shape index (κ3) is 6.01. The lowest BCUT2D eigenvalue weighted by atomic mass is 9.90. The number of piperidine rings is 1. The molecule has 2 aromatic carbocycles. The van der Waals surface area contributed by atoms with E-state index in [0.29, 0.717) is 31.7 Å². The van der Waals surface area contributed by atoms with Gasteiger partial charge < -0.3 is 19.4 Å². The number of ether oxygens (including phenoxy) is 1. The average molecular weight is 544 g/mol. The summed E-state index contributed by atoms with van der Waals surface area (Å²) in [5, 5.41) is 4.72. The molecule has 3 aromatic rings. The Morgan fingerprint density at radius 1 is 0.875 bits per heavy atom. The summed E-state index contributed by atoms with van der Waals surface area (Å²) in [4.78, 5) is 32.7. The van der Waals surface area contributed by atoms with Crippen LogP contribution >= 0.6 is 0 Å². The van der Waals surface area contributed by atoms with Gasteiger partial charge in [-0.2, -0.15) is 5.10 Å². The first-order valence-electron chi connectivity index (χ1n) is 14.3. The summed E-state index contributed by atoms with van der Waals surface area (Å²) in [7, 11) is 0. The Labute approximate surface area is 237 Å². The van der Waals surface area contributed by atoms with Crippen molar-refractivity contribution in [2.45, 2.75) is 59.0 Å². The van der Waals surface area contributed by atoms with Crippen LogP contribution in [0.4, 0.5) is 10.5 Å². The van der Waals surface area contributed by atoms with Gasteiger partial charge in [-0.3, -0.25) is 4.79 Å². The molecule has 0 saturated carbocycles. The fourth-order valence-corrected chi connectivity index (χ4v) is 5.83. The van der Waals surface area contributed by atoms with Crippen molar-refractivity contribution in [3.05, 3.63) is 77.1 Å². The third-order valence-corrected chi connectivity index (χ3v) is 7.83. The van der Waals surface area contributed by atoms with E-state index in [-0.39, 0.29) is 17.9 Å². The van der Waals surface area contributed by atoms with Gasteiger partial charge in [0, 0.05) is 50.9 Å². The second-order valence-corrected chi connectivity index (χ2v) is 12.0. The number of aromatic nitrogens is 2. The van der Waals surface area contributed by atoms with Crippen molar-refractivity contribution in [2.75, 3.05) is 44.2 Å². The summed E-state index contributed by atoms with van der Waals surface area (Å²) in [6, 6.07) is 16.5. The van der Waals surface area contributed by atoms with Crippen molar-refractivity contribution >= 4 is 17.7 Å². The van der Waals surface area contributed by atoms with Crippen molar-refractivity contribution in [1.82, 2.24) is 19.6 Å². The largest absolute Gasteiger partial charge is 0.444 e. The standard InChI is InChI=1S/C32H41N5O3/c1-23-11-12-28(24(2)21-23)34-17-19-35(20-18-34)30(38)27-22-33-37(26-9-7-6-8-10-26)29(27)25-13-15-36(16-14-25)31(39)40-32(3,4)5/h6-12,21-22,25H,13-20H2,1-5H3. The number of aryl methyl sites for hydroxylation is 2. The number of hydrogen-bond acceptors (Lipinski definition) is 5. The van der Waals surface area contributed by atoms with Crippen molar-refractivity contribution in [3.8, 4) is 5.69 Å². The van der Waals surface area contributed by atoms with E-state index in [1.807, 2.05) is 60.7 Å². The zero-order valence-electron chi connectivity index (χ0n) is 24.4. The van der Waals surface area contributed by atoms with E-state index in [4.69, 9.17) is 9.84 Å². The van der Waals surface area contributed by atoms with Gasteiger partial charge in [-0.05, 0) is 71.2 Å². The normalized spacial score (nSPS) is 16.8. The van der Waals surface area contributed by atoms with E-state index in [0.717, 1.165) is 37.3 Å². The van der Waals surface area contributed by atoms with Gasteiger partial charge in [-0.25, -0.2) is 9.48 Å². The van der Waals surface area contributed by atoms with E-state index in [2.05, 4.69) is 36.9 Å². The smallest absolute Gasteiger partial charge is 0.410 e. The molecule has 0 atom stereocenters. The second kappa shape index (κ2) is 11.4. The molecular formula is C32H41N5O3. The lowest BCUT2D eigenvalue weighted by molar-refractivity contribution is 0.0203. The molecule has 2 aliphatic rings. The minimum Gasteiger partial charge on any atom is -0.444 e. The van der Waals surface area contributed by atoms with Gasteiger partial charge in [0.15, 0.2) is 0 Å². The number of piperazine rings is 1. The molecule has 0 spiro atoms. The van der Waals surface area contributed by atoms with Crippen LogP contribution in [0.5, 0.6) is 0 Å². The lowest BCUT2D eigenvalue weighted by Gasteiger charge is -2.37. The number of hydrogen-bond donors (Lipinski definition) is 0. The molecular weight excluding hydrogens is 502 g/mol. The number of benzene rings is 2. The number of rotatable bonds is 4. The van der Waals surface area contributed by atoms with Gasteiger partial charge in [0.25, 0.3) is 5.91 Å². The number of carbonyl (C=O) groups excluding carboxylic acids is 2. The first-order valence-corrected chi connectivity index (χ1v) is 14.3. The Morgan fingerprint density at radius 3 is 2.17 bits per heavy atom. The molecule has 2 aliphatic heterocycles. The van der Waals surface area contributed by atoms with Crippen LogP contribution in [0.25, 0.3) is 5.69 Å². The molecule has 0 radical (unpaired) electrons. The van der Waals surface area contributed by atoms with Crippen molar-refractivity contribution < 1.29 is 14.3 Å². The van der Waals surface area contributed by atoms with Crippen LogP contribution < -0.4 is 4.90 Å². The van der Waals surface area contributed by atoms with Crippen LogP contribution in [0, 0.1) is 13.8 Å². The van der Waals surface area contributed by atoms with E-state index < -0.39 is 5.60 Å². The molecule has 3 heterocycles. The highest BCUT2D eigenvalue weighted by Gasteiger charge is 2.34. The highest BCUT2D eigenvalue weighted by atomic mass is 16.6. The van der Waals surface area contributed by atoms with Gasteiger partial charge in [-0.1, -0.05) is 35.9 Å². The Morgan fingerprint density at radius 2 is 1.55 bits per heavy atom. The minimum absolute atomic E-state index is 0.0343. The van der Waals surface area contributed by atoms with Crippen LogP contribution in [0.2, 0.25) is 0 Å². The lowest BCUT2D eigenvalue weighted by Crippen LogP contribution is -2.49. The van der Waals surface area contributed by atoms with Gasteiger partial charge in [-0.15, -0.1) is 0 Å². The zero-order chi connectivity index (χ0) is 28.4. The molecule has 0 bridgehead atoms. The van der Waals surface area contributed by atoms with Crippen molar-refractivity contribution in [1.29, 1.82) is 0 Å². The highest BCUT2D eigenvalue weighted by Crippen LogP contribution is 2.33. The van der Waals surface area contributed by atoms with E-state index >= 15 is 0 Å². The van der Waals surface area contributed by atoms with Crippen LogP contribution in [0.3, 0.4) is 0 Å². The van der Waals surface area contributed by atoms with Crippen LogP contribution in [-0.4, -0.2) is 76.5 Å². The summed E-state index contributed by atoms with van der Waals surface area (Å²) in [5.74, 6) is 0.142. The highest BCUT2D eigenvalue weighted by molar-refractivity contribution is 5.95. The Hall–Kier alpha value is -3.81. The molecule has 2 saturated heterocycles. The number of likely N-dealkylation sites (tertiary alicyclic amines) is 1. The third-order valence-electron chi connectivity index (χ3n) is 7.83. The monoisotopic (exact) mass is 543 g/mol. The molecule has 5 rings (SSSR count). The van der Waals surface area contributed by atoms with Gasteiger partial charge >= 0.3 is 6.09 Å². The summed E-state index contributed by atoms with van der Waals surface area (Å²) in [5.41, 5.74) is 5.79. The van der Waals surface area contributed by atoms with Crippen LogP contribution in [0.15, 0.2) is 54.7 Å². The number of amides is 2. The van der Waals surface area contributed by atoms with E-state index in [1.54, 1.807) is 11.1 Å². The molecule has 8 heteroatoms. The van der Waals surface area contributed by atoms with Gasteiger partial charge in [0.1, 0.15) is 5.60 Å². The molecule has 212 valence electrons. The Kier molecular flexibility index (Phi) is 7.88. The predicted octanol–water partition coefficient (Wildman–Crippen LogP) is 5.57. The fourth-order valence-electron chi connectivity index (χ4n) is 5.83. The second-order valence-electron chi connectivity index (χ2n) is 12.0. The maximum atomic E-state index is 14.0. The summed E-state index contributed by atoms with van der Waals surface area (Å²) >= 11 is 0. The predicted molar refractivity (Wildman–Crippen MR) is 157 cm³/mol. The summed E-state index contributed by atoms with van der Waals surface area (Å²) < 4.78 is 7.52. The van der Waals surface area contributed by atoms with Gasteiger partial charge in [0.2, 0.25) is 0 Å². The SMILES string of the molecule is Cc1ccc(N2CCN(C(=O)c3cnn(-c4ccccc4)c3C3CCN(C(=O)OC(C)(C)C)CC3)CC2)c(C)c1. The first-order chi connectivity index (χ1) is 19.1. The molecule has 40 heavy (non-hydrogen) atoms. The average Bonchev–Trinajstić information content (AvgIpc) is 3.38.